The number of alkyl halides is 3. The maximum atomic E-state index is 13.7. The quantitative estimate of drug-likeness (QED) is 0.611. The Bertz CT molecular complexity index is 802. The lowest BCUT2D eigenvalue weighted by Crippen LogP contribution is -2.46. The van der Waals surface area contributed by atoms with Gasteiger partial charge in [-0.3, -0.25) is 4.79 Å². The summed E-state index contributed by atoms with van der Waals surface area (Å²) in [4.78, 5) is 20.9. The minimum Gasteiger partial charge on any atom is -0.496 e. The van der Waals surface area contributed by atoms with Crippen LogP contribution in [0.2, 0.25) is 5.28 Å². The number of carbonyl (C=O) groups excluding carboxylic acids is 1. The Kier molecular flexibility index (Phi) is 4.80. The number of rotatable bonds is 4. The highest BCUT2D eigenvalue weighted by Crippen LogP contribution is 2.34. The van der Waals surface area contributed by atoms with Gasteiger partial charge < -0.3 is 9.64 Å². The van der Waals surface area contributed by atoms with Crippen molar-refractivity contribution in [1.29, 1.82) is 0 Å². The van der Waals surface area contributed by atoms with Crippen LogP contribution in [0.3, 0.4) is 0 Å². The SMILES string of the molecule is COc1cc(-c2ccnc(Cl)n2)cc2c1C(=O)N(C(F)C(F)F)CC2. The molecule has 132 valence electrons. The molecule has 25 heavy (non-hydrogen) atoms. The van der Waals surface area contributed by atoms with Gasteiger partial charge in [0.1, 0.15) is 5.75 Å². The van der Waals surface area contributed by atoms with Crippen LogP contribution in [-0.2, 0) is 6.42 Å². The Morgan fingerprint density at radius 2 is 2.08 bits per heavy atom. The van der Waals surface area contributed by atoms with Crippen molar-refractivity contribution in [1.82, 2.24) is 14.9 Å². The van der Waals surface area contributed by atoms with Gasteiger partial charge in [0.05, 0.1) is 18.4 Å². The number of ether oxygens (including phenoxy) is 1. The van der Waals surface area contributed by atoms with Crippen LogP contribution < -0.4 is 4.74 Å². The summed E-state index contributed by atoms with van der Waals surface area (Å²) in [5.41, 5.74) is 1.81. The molecule has 0 N–H and O–H groups in total. The Balaban J connectivity index is 2.05. The van der Waals surface area contributed by atoms with Crippen LogP contribution in [0.4, 0.5) is 13.2 Å². The Morgan fingerprint density at radius 1 is 1.32 bits per heavy atom. The van der Waals surface area contributed by atoms with Gasteiger partial charge in [0.15, 0.2) is 0 Å². The molecule has 1 aromatic heterocycles. The van der Waals surface area contributed by atoms with Crippen LogP contribution >= 0.6 is 11.6 Å². The van der Waals surface area contributed by atoms with Gasteiger partial charge in [0.25, 0.3) is 12.3 Å². The molecule has 0 spiro atoms. The minimum atomic E-state index is -3.26. The summed E-state index contributed by atoms with van der Waals surface area (Å²) in [6, 6.07) is 4.87. The Morgan fingerprint density at radius 3 is 2.72 bits per heavy atom. The maximum absolute atomic E-state index is 13.7. The largest absolute Gasteiger partial charge is 0.496 e. The predicted molar refractivity (Wildman–Crippen MR) is 84.7 cm³/mol. The first-order valence-corrected chi connectivity index (χ1v) is 7.73. The van der Waals surface area contributed by atoms with E-state index in [1.807, 2.05) is 0 Å². The zero-order valence-corrected chi connectivity index (χ0v) is 13.8. The number of carbonyl (C=O) groups is 1. The van der Waals surface area contributed by atoms with Gasteiger partial charge in [-0.2, -0.15) is 0 Å². The van der Waals surface area contributed by atoms with Crippen molar-refractivity contribution >= 4 is 17.5 Å². The van der Waals surface area contributed by atoms with E-state index in [4.69, 9.17) is 16.3 Å². The third-order valence-corrected chi connectivity index (χ3v) is 4.11. The van der Waals surface area contributed by atoms with Crippen LogP contribution in [0, 0.1) is 0 Å². The number of benzene rings is 1. The highest BCUT2D eigenvalue weighted by atomic mass is 35.5. The number of amides is 1. The third-order valence-electron chi connectivity index (χ3n) is 3.93. The second-order valence-corrected chi connectivity index (χ2v) is 5.72. The van der Waals surface area contributed by atoms with Crippen LogP contribution in [0.15, 0.2) is 24.4 Å². The number of methoxy groups -OCH3 is 1. The van der Waals surface area contributed by atoms with Gasteiger partial charge in [-0.25, -0.2) is 23.1 Å². The van der Waals surface area contributed by atoms with Crippen LogP contribution in [0.5, 0.6) is 5.75 Å². The average molecular weight is 372 g/mol. The highest BCUT2D eigenvalue weighted by molar-refractivity contribution is 6.28. The molecule has 1 unspecified atom stereocenters. The molecule has 1 atom stereocenters. The van der Waals surface area contributed by atoms with E-state index in [1.165, 1.54) is 19.4 Å². The lowest BCUT2D eigenvalue weighted by atomic mass is 9.94. The molecule has 0 bridgehead atoms. The molecule has 5 nitrogen and oxygen atoms in total. The zero-order valence-electron chi connectivity index (χ0n) is 13.0. The second-order valence-electron chi connectivity index (χ2n) is 5.38. The fourth-order valence-electron chi connectivity index (χ4n) is 2.78. The number of aromatic nitrogens is 2. The van der Waals surface area contributed by atoms with E-state index in [2.05, 4.69) is 9.97 Å². The van der Waals surface area contributed by atoms with Crippen molar-refractivity contribution in [3.63, 3.8) is 0 Å². The van der Waals surface area contributed by atoms with E-state index in [1.54, 1.807) is 12.1 Å². The summed E-state index contributed by atoms with van der Waals surface area (Å²) >= 11 is 5.79. The summed E-state index contributed by atoms with van der Waals surface area (Å²) in [5.74, 6) is -0.656. The summed E-state index contributed by atoms with van der Waals surface area (Å²) < 4.78 is 44.2. The molecule has 0 fully saturated rings. The molecule has 1 aliphatic rings. The zero-order chi connectivity index (χ0) is 18.1. The lowest BCUT2D eigenvalue weighted by molar-refractivity contribution is -0.0382. The Labute approximate surface area is 146 Å². The average Bonchev–Trinajstić information content (AvgIpc) is 2.60. The van der Waals surface area contributed by atoms with Crippen molar-refractivity contribution in [3.8, 4) is 17.0 Å². The van der Waals surface area contributed by atoms with E-state index < -0.39 is 18.6 Å². The Hall–Kier alpha value is -2.35. The van der Waals surface area contributed by atoms with Gasteiger partial charge in [0, 0.05) is 18.3 Å². The molecule has 1 amide bonds. The van der Waals surface area contributed by atoms with E-state index >= 15 is 0 Å². The minimum absolute atomic E-state index is 0.0636. The second kappa shape index (κ2) is 6.87. The predicted octanol–water partition coefficient (Wildman–Crippen LogP) is 3.36. The number of fused-ring (bicyclic) bond motifs is 1. The molecule has 0 radical (unpaired) electrons. The first-order valence-electron chi connectivity index (χ1n) is 7.35. The first kappa shape index (κ1) is 17.5. The fraction of sp³-hybridized carbons (Fsp3) is 0.312. The smallest absolute Gasteiger partial charge is 0.287 e. The molecular formula is C16H13ClF3N3O2. The molecule has 1 aromatic carbocycles. The van der Waals surface area contributed by atoms with Crippen LogP contribution in [0.1, 0.15) is 15.9 Å². The van der Waals surface area contributed by atoms with E-state index in [-0.39, 0.29) is 29.6 Å². The van der Waals surface area contributed by atoms with Crippen molar-refractivity contribution in [2.24, 2.45) is 0 Å². The topological polar surface area (TPSA) is 55.3 Å². The first-order chi connectivity index (χ1) is 11.9. The number of hydrogen-bond acceptors (Lipinski definition) is 4. The van der Waals surface area contributed by atoms with Crippen LogP contribution in [0.25, 0.3) is 11.3 Å². The molecular weight excluding hydrogens is 359 g/mol. The molecule has 9 heteroatoms. The summed E-state index contributed by atoms with van der Waals surface area (Å²) in [6.45, 7) is -0.144. The highest BCUT2D eigenvalue weighted by Gasteiger charge is 2.37. The van der Waals surface area contributed by atoms with Gasteiger partial charge in [-0.05, 0) is 41.8 Å². The molecule has 0 saturated carbocycles. The van der Waals surface area contributed by atoms with Gasteiger partial charge in [-0.1, -0.05) is 0 Å². The summed E-state index contributed by atoms with van der Waals surface area (Å²) in [7, 11) is 1.35. The van der Waals surface area contributed by atoms with Gasteiger partial charge >= 0.3 is 0 Å². The molecule has 3 rings (SSSR count). The standard InChI is InChI=1S/C16H13ClF3N3O2/c1-25-11-7-9(10-2-4-21-16(17)22-10)6-8-3-5-23(14(20)13(18)19)15(24)12(8)11/h2,4,6-7,13-14H,3,5H2,1H3. The molecule has 1 aliphatic heterocycles. The van der Waals surface area contributed by atoms with E-state index in [0.717, 1.165) is 0 Å². The summed E-state index contributed by atoms with van der Waals surface area (Å²) in [5, 5.41) is 0.0636. The number of hydrogen-bond donors (Lipinski definition) is 0. The molecule has 2 heterocycles. The van der Waals surface area contributed by atoms with Gasteiger partial charge in [0.2, 0.25) is 11.6 Å². The van der Waals surface area contributed by atoms with Crippen molar-refractivity contribution < 1.29 is 22.7 Å². The molecule has 2 aromatic rings. The van der Waals surface area contributed by atoms with Crippen molar-refractivity contribution in [2.75, 3.05) is 13.7 Å². The molecule has 0 aliphatic carbocycles. The lowest BCUT2D eigenvalue weighted by Gasteiger charge is -2.31. The van der Waals surface area contributed by atoms with Crippen molar-refractivity contribution in [3.05, 3.63) is 40.8 Å². The number of halogens is 4. The normalized spacial score (nSPS) is 15.3. The number of nitrogens with zero attached hydrogens (tertiary/aromatic N) is 3. The molecule has 0 saturated heterocycles. The third kappa shape index (κ3) is 3.26. The van der Waals surface area contributed by atoms with E-state index in [9.17, 15) is 18.0 Å². The maximum Gasteiger partial charge on any atom is 0.287 e. The fourth-order valence-corrected chi connectivity index (χ4v) is 2.92. The van der Waals surface area contributed by atoms with Crippen molar-refractivity contribution in [2.45, 2.75) is 19.1 Å². The van der Waals surface area contributed by atoms with E-state index in [0.29, 0.717) is 21.7 Å². The summed E-state index contributed by atoms with van der Waals surface area (Å²) in [6.07, 6.45) is -4.21. The monoisotopic (exact) mass is 371 g/mol. The van der Waals surface area contributed by atoms with Crippen LogP contribution in [-0.4, -0.2) is 47.2 Å². The van der Waals surface area contributed by atoms with Gasteiger partial charge in [-0.15, -0.1) is 0 Å².